The van der Waals surface area contributed by atoms with Crippen molar-refractivity contribution in [2.75, 3.05) is 26.7 Å². The normalized spacial score (nSPS) is 31.8. The standard InChI is InChI=1S/C20H34N2O/c1-21(19(23)17-6-9-20(10-7-17)11-12-20)18-8-13-22(15-18)14-16-4-2-3-5-16/h16-18H,2-15H2,1H3. The molecule has 0 aromatic carbocycles. The van der Waals surface area contributed by atoms with Crippen LogP contribution in [0.1, 0.15) is 70.6 Å². The van der Waals surface area contributed by atoms with Gasteiger partial charge in [-0.15, -0.1) is 0 Å². The van der Waals surface area contributed by atoms with Crippen LogP contribution in [0.3, 0.4) is 0 Å². The lowest BCUT2D eigenvalue weighted by atomic mass is 9.79. The Kier molecular flexibility index (Phi) is 4.42. The van der Waals surface area contributed by atoms with E-state index in [1.807, 2.05) is 0 Å². The summed E-state index contributed by atoms with van der Waals surface area (Å²) in [5, 5.41) is 0. The van der Waals surface area contributed by atoms with Gasteiger partial charge in [-0.05, 0) is 69.1 Å². The lowest BCUT2D eigenvalue weighted by Crippen LogP contribution is -2.43. The smallest absolute Gasteiger partial charge is 0.225 e. The monoisotopic (exact) mass is 318 g/mol. The molecule has 3 aliphatic carbocycles. The maximum atomic E-state index is 12.9. The number of hydrogen-bond acceptors (Lipinski definition) is 2. The molecule has 0 radical (unpaired) electrons. The van der Waals surface area contributed by atoms with E-state index in [0.29, 0.717) is 23.3 Å². The molecule has 0 bridgehead atoms. The predicted octanol–water partition coefficient (Wildman–Crippen LogP) is 3.68. The molecule has 3 heteroatoms. The van der Waals surface area contributed by atoms with Crippen molar-refractivity contribution in [3.05, 3.63) is 0 Å². The van der Waals surface area contributed by atoms with Crippen LogP contribution in [0.15, 0.2) is 0 Å². The summed E-state index contributed by atoms with van der Waals surface area (Å²) in [4.78, 5) is 17.6. The largest absolute Gasteiger partial charge is 0.341 e. The van der Waals surface area contributed by atoms with Crippen molar-refractivity contribution < 1.29 is 4.79 Å². The number of likely N-dealkylation sites (tertiary alicyclic amines) is 1. The van der Waals surface area contributed by atoms with E-state index in [9.17, 15) is 4.79 Å². The highest BCUT2D eigenvalue weighted by atomic mass is 16.2. The fraction of sp³-hybridized carbons (Fsp3) is 0.950. The topological polar surface area (TPSA) is 23.6 Å². The minimum atomic E-state index is 0.329. The van der Waals surface area contributed by atoms with E-state index in [4.69, 9.17) is 0 Å². The zero-order chi connectivity index (χ0) is 15.9. The third-order valence-electron chi connectivity index (χ3n) is 7.49. The van der Waals surface area contributed by atoms with Crippen molar-refractivity contribution in [1.82, 2.24) is 9.80 Å². The average Bonchev–Trinajstić information content (AvgIpc) is 2.97. The minimum absolute atomic E-state index is 0.329. The second-order valence-corrected chi connectivity index (χ2v) is 9.08. The van der Waals surface area contributed by atoms with Gasteiger partial charge in [-0.3, -0.25) is 4.79 Å². The molecule has 4 rings (SSSR count). The molecule has 3 saturated carbocycles. The Morgan fingerprint density at radius 1 is 1.04 bits per heavy atom. The van der Waals surface area contributed by atoms with Gasteiger partial charge in [-0.25, -0.2) is 0 Å². The fourth-order valence-corrected chi connectivity index (χ4v) is 5.47. The molecule has 0 N–H and O–H groups in total. The lowest BCUT2D eigenvalue weighted by Gasteiger charge is -2.33. The van der Waals surface area contributed by atoms with E-state index in [2.05, 4.69) is 16.8 Å². The van der Waals surface area contributed by atoms with Crippen LogP contribution in [0, 0.1) is 17.3 Å². The van der Waals surface area contributed by atoms with Gasteiger partial charge in [-0.2, -0.15) is 0 Å². The van der Waals surface area contributed by atoms with Gasteiger partial charge in [-0.1, -0.05) is 12.8 Å². The molecule has 0 aromatic heterocycles. The second kappa shape index (κ2) is 6.38. The number of carbonyl (C=O) groups is 1. The summed E-state index contributed by atoms with van der Waals surface area (Å²) in [5.74, 6) is 1.71. The predicted molar refractivity (Wildman–Crippen MR) is 93.2 cm³/mol. The summed E-state index contributed by atoms with van der Waals surface area (Å²) < 4.78 is 0. The Hall–Kier alpha value is -0.570. The number of amides is 1. The second-order valence-electron chi connectivity index (χ2n) is 9.08. The minimum Gasteiger partial charge on any atom is -0.341 e. The van der Waals surface area contributed by atoms with Gasteiger partial charge in [0.05, 0.1) is 0 Å². The van der Waals surface area contributed by atoms with Gasteiger partial charge < -0.3 is 9.80 Å². The highest BCUT2D eigenvalue weighted by molar-refractivity contribution is 5.79. The molecule has 3 nitrogen and oxygen atoms in total. The maximum absolute atomic E-state index is 12.9. The highest BCUT2D eigenvalue weighted by Crippen LogP contribution is 2.57. The van der Waals surface area contributed by atoms with Gasteiger partial charge in [0.15, 0.2) is 0 Å². The molecule has 4 fully saturated rings. The molecule has 0 aromatic rings. The van der Waals surface area contributed by atoms with E-state index in [1.165, 1.54) is 70.9 Å². The molecule has 4 aliphatic rings. The summed E-state index contributed by atoms with van der Waals surface area (Å²) in [6, 6.07) is 0.473. The number of nitrogens with zero attached hydrogens (tertiary/aromatic N) is 2. The molecular weight excluding hydrogens is 284 g/mol. The van der Waals surface area contributed by atoms with Crippen LogP contribution in [-0.2, 0) is 4.79 Å². The summed E-state index contributed by atoms with van der Waals surface area (Å²) in [6.45, 7) is 3.60. The molecular formula is C20H34N2O. The van der Waals surface area contributed by atoms with Crippen molar-refractivity contribution in [2.45, 2.75) is 76.7 Å². The lowest BCUT2D eigenvalue weighted by molar-refractivity contribution is -0.137. The van der Waals surface area contributed by atoms with Crippen LogP contribution >= 0.6 is 0 Å². The number of carbonyl (C=O) groups excluding carboxylic acids is 1. The molecule has 1 spiro atoms. The van der Waals surface area contributed by atoms with Crippen LogP contribution in [0.2, 0.25) is 0 Å². The van der Waals surface area contributed by atoms with Crippen molar-refractivity contribution in [3.8, 4) is 0 Å². The highest BCUT2D eigenvalue weighted by Gasteiger charge is 2.46. The van der Waals surface area contributed by atoms with Gasteiger partial charge in [0.2, 0.25) is 5.91 Å². The first kappa shape index (κ1) is 15.9. The van der Waals surface area contributed by atoms with Crippen molar-refractivity contribution in [2.24, 2.45) is 17.3 Å². The Labute approximate surface area is 141 Å². The number of hydrogen-bond donors (Lipinski definition) is 0. The van der Waals surface area contributed by atoms with Crippen LogP contribution in [0.4, 0.5) is 0 Å². The number of rotatable bonds is 4. The Morgan fingerprint density at radius 3 is 2.39 bits per heavy atom. The molecule has 1 heterocycles. The van der Waals surface area contributed by atoms with Crippen LogP contribution in [-0.4, -0.2) is 48.4 Å². The first-order valence-corrected chi connectivity index (χ1v) is 10.1. The zero-order valence-corrected chi connectivity index (χ0v) is 14.9. The Balaban J connectivity index is 1.25. The average molecular weight is 319 g/mol. The Bertz CT molecular complexity index is 429. The van der Waals surface area contributed by atoms with E-state index in [1.54, 1.807) is 0 Å². The zero-order valence-electron chi connectivity index (χ0n) is 14.9. The molecule has 1 saturated heterocycles. The summed E-state index contributed by atoms with van der Waals surface area (Å²) >= 11 is 0. The summed E-state index contributed by atoms with van der Waals surface area (Å²) in [7, 11) is 2.08. The van der Waals surface area contributed by atoms with Gasteiger partial charge in [0.25, 0.3) is 0 Å². The molecule has 1 unspecified atom stereocenters. The van der Waals surface area contributed by atoms with Crippen molar-refractivity contribution >= 4 is 5.91 Å². The molecule has 130 valence electrons. The maximum Gasteiger partial charge on any atom is 0.225 e. The van der Waals surface area contributed by atoms with Crippen LogP contribution < -0.4 is 0 Å². The van der Waals surface area contributed by atoms with Gasteiger partial charge in [0.1, 0.15) is 0 Å². The SMILES string of the molecule is CN(C(=O)C1CCC2(CC1)CC2)C1CCN(CC2CCCC2)C1. The van der Waals surface area contributed by atoms with Gasteiger partial charge >= 0.3 is 0 Å². The van der Waals surface area contributed by atoms with E-state index in [-0.39, 0.29) is 0 Å². The van der Waals surface area contributed by atoms with E-state index in [0.717, 1.165) is 25.3 Å². The summed E-state index contributed by atoms with van der Waals surface area (Å²) in [6.07, 6.45) is 14.7. The third kappa shape index (κ3) is 3.45. The van der Waals surface area contributed by atoms with Crippen LogP contribution in [0.25, 0.3) is 0 Å². The van der Waals surface area contributed by atoms with E-state index < -0.39 is 0 Å². The number of likely N-dealkylation sites (N-methyl/N-ethyl adjacent to an activating group) is 1. The van der Waals surface area contributed by atoms with Crippen molar-refractivity contribution in [1.29, 1.82) is 0 Å². The van der Waals surface area contributed by atoms with E-state index >= 15 is 0 Å². The molecule has 1 amide bonds. The van der Waals surface area contributed by atoms with Crippen LogP contribution in [0.5, 0.6) is 0 Å². The molecule has 1 aliphatic heterocycles. The van der Waals surface area contributed by atoms with Crippen molar-refractivity contribution in [3.63, 3.8) is 0 Å². The molecule has 1 atom stereocenters. The summed E-state index contributed by atoms with van der Waals surface area (Å²) in [5.41, 5.74) is 0.695. The first-order valence-electron chi connectivity index (χ1n) is 10.1. The third-order valence-corrected chi connectivity index (χ3v) is 7.49. The first-order chi connectivity index (χ1) is 11.2. The quantitative estimate of drug-likeness (QED) is 0.789. The molecule has 23 heavy (non-hydrogen) atoms. The van der Waals surface area contributed by atoms with Gasteiger partial charge in [0, 0.05) is 38.6 Å². The Morgan fingerprint density at radius 2 is 1.74 bits per heavy atom. The fourth-order valence-electron chi connectivity index (χ4n) is 5.47.